The zero-order chi connectivity index (χ0) is 20.8. The molecule has 0 aliphatic carbocycles. The first-order valence-electron chi connectivity index (χ1n) is 9.73. The van der Waals surface area contributed by atoms with Crippen LogP contribution in [0.15, 0.2) is 85.2 Å². The molecule has 0 saturated heterocycles. The molecular weight excluding hydrogens is 376 g/mol. The summed E-state index contributed by atoms with van der Waals surface area (Å²) >= 11 is 0. The maximum absolute atomic E-state index is 10.9. The fourth-order valence-electron chi connectivity index (χ4n) is 3.39. The largest absolute Gasteiger partial charge is 0.478 e. The summed E-state index contributed by atoms with van der Waals surface area (Å²) in [5, 5.41) is 15.6. The number of fused-ring (bicyclic) bond motifs is 1. The first kappa shape index (κ1) is 19.6. The Kier molecular flexibility index (Phi) is 6.01. The Morgan fingerprint density at radius 1 is 0.967 bits per heavy atom. The first-order valence-corrected chi connectivity index (χ1v) is 9.73. The van der Waals surface area contributed by atoms with Gasteiger partial charge in [0.15, 0.2) is 0 Å². The molecule has 1 heterocycles. The van der Waals surface area contributed by atoms with E-state index >= 15 is 0 Å². The Labute approximate surface area is 174 Å². The van der Waals surface area contributed by atoms with Gasteiger partial charge in [0.05, 0.1) is 19.8 Å². The number of carboxylic acids is 1. The van der Waals surface area contributed by atoms with Crippen LogP contribution in [0.1, 0.15) is 22.3 Å². The van der Waals surface area contributed by atoms with E-state index in [0.29, 0.717) is 19.8 Å². The lowest BCUT2D eigenvalue weighted by Crippen LogP contribution is -2.03. The van der Waals surface area contributed by atoms with Crippen LogP contribution < -0.4 is 0 Å². The highest BCUT2D eigenvalue weighted by molar-refractivity contribution is 5.85. The smallest absolute Gasteiger partial charge is 0.328 e. The van der Waals surface area contributed by atoms with E-state index < -0.39 is 5.97 Å². The molecule has 0 spiro atoms. The molecule has 0 aliphatic rings. The van der Waals surface area contributed by atoms with Crippen LogP contribution in [0.2, 0.25) is 0 Å². The molecule has 0 fully saturated rings. The minimum Gasteiger partial charge on any atom is -0.478 e. The third-order valence-corrected chi connectivity index (χ3v) is 4.86. The Balaban J connectivity index is 1.49. The zero-order valence-electron chi connectivity index (χ0n) is 16.4. The molecule has 5 nitrogen and oxygen atoms in total. The summed E-state index contributed by atoms with van der Waals surface area (Å²) in [5.41, 5.74) is 3.96. The number of ether oxygens (including phenoxy) is 1. The van der Waals surface area contributed by atoms with Crippen molar-refractivity contribution in [3.8, 4) is 0 Å². The van der Waals surface area contributed by atoms with Crippen LogP contribution >= 0.6 is 0 Å². The average Bonchev–Trinajstić information content (AvgIpc) is 3.26. The second-order valence-corrected chi connectivity index (χ2v) is 7.08. The van der Waals surface area contributed by atoms with Crippen molar-refractivity contribution in [3.05, 3.63) is 107 Å². The molecule has 0 bridgehead atoms. The van der Waals surface area contributed by atoms with E-state index in [4.69, 9.17) is 9.84 Å². The number of carbonyl (C=O) groups is 1. The van der Waals surface area contributed by atoms with Crippen molar-refractivity contribution < 1.29 is 14.6 Å². The molecule has 0 atom stereocenters. The number of hydrogen-bond donors (Lipinski definition) is 1. The Morgan fingerprint density at radius 2 is 1.80 bits per heavy atom. The van der Waals surface area contributed by atoms with E-state index in [1.807, 2.05) is 47.3 Å². The number of nitrogens with zero attached hydrogens (tertiary/aromatic N) is 2. The molecule has 0 amide bonds. The van der Waals surface area contributed by atoms with E-state index in [0.717, 1.165) is 28.3 Å². The highest BCUT2D eigenvalue weighted by Gasteiger charge is 2.05. The van der Waals surface area contributed by atoms with Crippen LogP contribution in [0.25, 0.3) is 16.8 Å². The Morgan fingerprint density at radius 3 is 2.60 bits per heavy atom. The second kappa shape index (κ2) is 9.20. The standard InChI is InChI=1S/C25H22N2O3/c28-25(29)11-10-22-8-6-19(16-27-13-3-12-26-27)14-24(22)18-30-17-20-7-9-21-4-1-2-5-23(21)15-20/h1-15H,16-18H2,(H,28,29)/b11-10+. The van der Waals surface area contributed by atoms with Crippen LogP contribution in [0, 0.1) is 0 Å². The fraction of sp³-hybridized carbons (Fsp3) is 0.120. The predicted molar refractivity (Wildman–Crippen MR) is 117 cm³/mol. The lowest BCUT2D eigenvalue weighted by molar-refractivity contribution is -0.131. The maximum Gasteiger partial charge on any atom is 0.328 e. The van der Waals surface area contributed by atoms with E-state index in [1.165, 1.54) is 10.8 Å². The van der Waals surface area contributed by atoms with Crippen molar-refractivity contribution in [2.75, 3.05) is 0 Å². The molecule has 4 rings (SSSR count). The van der Waals surface area contributed by atoms with Crippen LogP contribution in [0.5, 0.6) is 0 Å². The lowest BCUT2D eigenvalue weighted by atomic mass is 10.0. The Bertz CT molecular complexity index is 1180. The molecular formula is C25H22N2O3. The summed E-state index contributed by atoms with van der Waals surface area (Å²) < 4.78 is 7.84. The average molecular weight is 398 g/mol. The van der Waals surface area contributed by atoms with Gasteiger partial charge in [-0.15, -0.1) is 0 Å². The second-order valence-electron chi connectivity index (χ2n) is 7.08. The number of aromatic nitrogens is 2. The summed E-state index contributed by atoms with van der Waals surface area (Å²) in [4.78, 5) is 10.9. The van der Waals surface area contributed by atoms with Crippen molar-refractivity contribution in [1.82, 2.24) is 9.78 Å². The third kappa shape index (κ3) is 5.01. The van der Waals surface area contributed by atoms with Gasteiger partial charge in [0.25, 0.3) is 0 Å². The minimum atomic E-state index is -0.973. The van der Waals surface area contributed by atoms with Gasteiger partial charge in [-0.3, -0.25) is 4.68 Å². The molecule has 150 valence electrons. The van der Waals surface area contributed by atoms with Gasteiger partial charge in [-0.1, -0.05) is 54.6 Å². The van der Waals surface area contributed by atoms with Crippen molar-refractivity contribution in [3.63, 3.8) is 0 Å². The fourth-order valence-corrected chi connectivity index (χ4v) is 3.39. The number of carboxylic acid groups (broad SMARTS) is 1. The van der Waals surface area contributed by atoms with Gasteiger partial charge >= 0.3 is 5.97 Å². The molecule has 0 aliphatic heterocycles. The third-order valence-electron chi connectivity index (χ3n) is 4.86. The summed E-state index contributed by atoms with van der Waals surface area (Å²) in [6, 6.07) is 22.4. The van der Waals surface area contributed by atoms with Gasteiger partial charge in [0.2, 0.25) is 0 Å². The first-order chi connectivity index (χ1) is 14.7. The van der Waals surface area contributed by atoms with Crippen LogP contribution in [0.4, 0.5) is 0 Å². The number of hydrogen-bond acceptors (Lipinski definition) is 3. The van der Waals surface area contributed by atoms with Gasteiger partial charge in [-0.2, -0.15) is 5.10 Å². The summed E-state index contributed by atoms with van der Waals surface area (Å²) in [6.45, 7) is 1.52. The van der Waals surface area contributed by atoms with E-state index in [-0.39, 0.29) is 0 Å². The molecule has 0 radical (unpaired) electrons. The SMILES string of the molecule is O=C(O)/C=C/c1ccc(Cn2cccn2)cc1COCc1ccc2ccccc2c1. The molecule has 5 heteroatoms. The minimum absolute atomic E-state index is 0.388. The summed E-state index contributed by atoms with van der Waals surface area (Å²) in [7, 11) is 0. The molecule has 30 heavy (non-hydrogen) atoms. The molecule has 4 aromatic rings. The molecule has 1 aromatic heterocycles. The topological polar surface area (TPSA) is 64.3 Å². The highest BCUT2D eigenvalue weighted by atomic mass is 16.5. The lowest BCUT2D eigenvalue weighted by Gasteiger charge is -2.11. The highest BCUT2D eigenvalue weighted by Crippen LogP contribution is 2.19. The van der Waals surface area contributed by atoms with Gasteiger partial charge < -0.3 is 9.84 Å². The molecule has 0 unspecified atom stereocenters. The van der Waals surface area contributed by atoms with Crippen LogP contribution in [-0.2, 0) is 29.3 Å². The summed E-state index contributed by atoms with van der Waals surface area (Å²) in [6.07, 6.45) is 6.41. The number of aliphatic carboxylic acids is 1. The number of rotatable bonds is 8. The zero-order valence-corrected chi connectivity index (χ0v) is 16.4. The van der Waals surface area contributed by atoms with Crippen LogP contribution in [0.3, 0.4) is 0 Å². The monoisotopic (exact) mass is 398 g/mol. The van der Waals surface area contributed by atoms with Gasteiger partial charge in [0, 0.05) is 18.5 Å². The maximum atomic E-state index is 10.9. The molecule has 3 aromatic carbocycles. The van der Waals surface area contributed by atoms with Crippen molar-refractivity contribution in [2.45, 2.75) is 19.8 Å². The van der Waals surface area contributed by atoms with Gasteiger partial charge in [-0.05, 0) is 51.2 Å². The molecule has 0 saturated carbocycles. The summed E-state index contributed by atoms with van der Waals surface area (Å²) in [5.74, 6) is -0.973. The molecule has 1 N–H and O–H groups in total. The quantitative estimate of drug-likeness (QED) is 0.429. The van der Waals surface area contributed by atoms with E-state index in [9.17, 15) is 4.79 Å². The van der Waals surface area contributed by atoms with Gasteiger partial charge in [0.1, 0.15) is 0 Å². The van der Waals surface area contributed by atoms with Crippen molar-refractivity contribution in [1.29, 1.82) is 0 Å². The predicted octanol–water partition coefficient (Wildman–Crippen LogP) is 4.90. The number of benzene rings is 3. The Hall–Kier alpha value is -3.70. The van der Waals surface area contributed by atoms with Crippen molar-refractivity contribution in [2.24, 2.45) is 0 Å². The van der Waals surface area contributed by atoms with Crippen LogP contribution in [-0.4, -0.2) is 20.9 Å². The van der Waals surface area contributed by atoms with Crippen molar-refractivity contribution >= 4 is 22.8 Å². The van der Waals surface area contributed by atoms with Gasteiger partial charge in [-0.25, -0.2) is 4.79 Å². The van der Waals surface area contributed by atoms with E-state index in [1.54, 1.807) is 12.3 Å². The van der Waals surface area contributed by atoms with E-state index in [2.05, 4.69) is 35.4 Å². The normalized spacial score (nSPS) is 11.3.